The minimum atomic E-state index is 0.674. The topological polar surface area (TPSA) is 26.3 Å². The van der Waals surface area contributed by atoms with Gasteiger partial charge >= 0.3 is 0 Å². The van der Waals surface area contributed by atoms with E-state index in [1.807, 2.05) is 31.4 Å². The molecule has 0 saturated heterocycles. The summed E-state index contributed by atoms with van der Waals surface area (Å²) >= 11 is 1.59. The van der Waals surface area contributed by atoms with E-state index < -0.39 is 0 Å². The molecular weight excluding hydrogens is 196 g/mol. The lowest BCUT2D eigenvalue weighted by molar-refractivity contribution is 0.415. The Bertz CT molecular complexity index is 485. The fraction of sp³-hybridized carbons (Fsp3) is 0.182. The maximum atomic E-state index is 10.7. The Labute approximate surface area is 86.1 Å². The van der Waals surface area contributed by atoms with Gasteiger partial charge in [0.1, 0.15) is 5.75 Å². The number of methoxy groups -OCH3 is 1. The molecule has 0 aliphatic heterocycles. The summed E-state index contributed by atoms with van der Waals surface area (Å²) < 4.78 is 6.18. The molecule has 0 bridgehead atoms. The van der Waals surface area contributed by atoms with Crippen LogP contribution < -0.4 is 4.74 Å². The second kappa shape index (κ2) is 3.42. The van der Waals surface area contributed by atoms with E-state index in [0.717, 1.165) is 20.7 Å². The lowest BCUT2D eigenvalue weighted by Crippen LogP contribution is -1.82. The lowest BCUT2D eigenvalue weighted by Gasteiger charge is -1.97. The third-order valence-corrected chi connectivity index (χ3v) is 3.24. The number of aryl methyl sites for hydroxylation is 1. The third-order valence-electron chi connectivity index (χ3n) is 2.18. The van der Waals surface area contributed by atoms with E-state index >= 15 is 0 Å². The molecule has 2 aromatic rings. The molecule has 0 fully saturated rings. The summed E-state index contributed by atoms with van der Waals surface area (Å²) in [6, 6.07) is 5.70. The first-order chi connectivity index (χ1) is 6.76. The number of fused-ring (bicyclic) bond motifs is 1. The van der Waals surface area contributed by atoms with Crippen LogP contribution in [0.2, 0.25) is 0 Å². The zero-order valence-electron chi connectivity index (χ0n) is 7.96. The van der Waals surface area contributed by atoms with Crippen LogP contribution in [0.25, 0.3) is 10.1 Å². The first-order valence-electron chi connectivity index (χ1n) is 4.21. The van der Waals surface area contributed by atoms with Gasteiger partial charge < -0.3 is 4.74 Å². The van der Waals surface area contributed by atoms with Gasteiger partial charge in [-0.1, -0.05) is 0 Å². The van der Waals surface area contributed by atoms with Gasteiger partial charge in [0.15, 0.2) is 0 Å². The average Bonchev–Trinajstić information content (AvgIpc) is 2.51. The molecule has 0 spiro atoms. The van der Waals surface area contributed by atoms with Crippen molar-refractivity contribution in [1.82, 2.24) is 0 Å². The van der Waals surface area contributed by atoms with Crippen molar-refractivity contribution in [2.24, 2.45) is 0 Å². The monoisotopic (exact) mass is 205 g/mol. The number of carbonyl (C=O) groups excluding carboxylic acids is 1. The molecule has 0 N–H and O–H groups in total. The fourth-order valence-electron chi connectivity index (χ4n) is 1.45. The minimum absolute atomic E-state index is 0.674. The van der Waals surface area contributed by atoms with Crippen molar-refractivity contribution in [3.63, 3.8) is 0 Å². The number of hydrogen-bond donors (Lipinski definition) is 0. The van der Waals surface area contributed by atoms with Gasteiger partial charge in [0.25, 0.3) is 0 Å². The van der Waals surface area contributed by atoms with E-state index in [-0.39, 0.29) is 0 Å². The van der Waals surface area contributed by atoms with E-state index in [9.17, 15) is 4.79 Å². The Morgan fingerprint density at radius 1 is 1.43 bits per heavy atom. The SMILES string of the molecule is COc1ccc2c([C]=O)c(C)sc2c1. The van der Waals surface area contributed by atoms with Crippen LogP contribution in [0.15, 0.2) is 18.2 Å². The number of thiophene rings is 1. The van der Waals surface area contributed by atoms with Crippen LogP contribution in [0.4, 0.5) is 0 Å². The summed E-state index contributed by atoms with van der Waals surface area (Å²) in [5.41, 5.74) is 0.674. The van der Waals surface area contributed by atoms with Crippen LogP contribution in [0.3, 0.4) is 0 Å². The number of ether oxygens (including phenoxy) is 1. The van der Waals surface area contributed by atoms with Crippen molar-refractivity contribution < 1.29 is 9.53 Å². The summed E-state index contributed by atoms with van der Waals surface area (Å²) in [6.45, 7) is 1.93. The standard InChI is InChI=1S/C11H9O2S/c1-7-10(6-12)9-4-3-8(13-2)5-11(9)14-7/h3-5H,1-2H3. The molecule has 3 heteroatoms. The van der Waals surface area contributed by atoms with Crippen LogP contribution in [0.5, 0.6) is 5.75 Å². The zero-order chi connectivity index (χ0) is 10.1. The Hall–Kier alpha value is -1.35. The minimum Gasteiger partial charge on any atom is -0.497 e. The molecular formula is C11H9O2S. The highest BCUT2D eigenvalue weighted by Crippen LogP contribution is 2.32. The maximum Gasteiger partial charge on any atom is 0.235 e. The lowest BCUT2D eigenvalue weighted by atomic mass is 10.1. The molecule has 2 rings (SSSR count). The largest absolute Gasteiger partial charge is 0.497 e. The van der Waals surface area contributed by atoms with Gasteiger partial charge in [-0.25, -0.2) is 0 Å². The van der Waals surface area contributed by atoms with Crippen LogP contribution in [0, 0.1) is 6.92 Å². The third kappa shape index (κ3) is 1.30. The molecule has 1 heterocycles. The highest BCUT2D eigenvalue weighted by Gasteiger charge is 2.09. The smallest absolute Gasteiger partial charge is 0.235 e. The maximum absolute atomic E-state index is 10.7. The first-order valence-corrected chi connectivity index (χ1v) is 5.03. The summed E-state index contributed by atoms with van der Waals surface area (Å²) in [7, 11) is 1.63. The molecule has 14 heavy (non-hydrogen) atoms. The highest BCUT2D eigenvalue weighted by atomic mass is 32.1. The van der Waals surface area contributed by atoms with Crippen molar-refractivity contribution in [1.29, 1.82) is 0 Å². The van der Waals surface area contributed by atoms with Gasteiger partial charge in [0, 0.05) is 20.5 Å². The van der Waals surface area contributed by atoms with Gasteiger partial charge in [-0.15, -0.1) is 11.3 Å². The molecule has 0 saturated carbocycles. The summed E-state index contributed by atoms with van der Waals surface area (Å²) in [5, 5.41) is 0.961. The van der Waals surface area contributed by atoms with Crippen LogP contribution in [0.1, 0.15) is 10.4 Å². The van der Waals surface area contributed by atoms with Crippen LogP contribution in [-0.2, 0) is 4.79 Å². The van der Waals surface area contributed by atoms with E-state index in [2.05, 4.69) is 0 Å². The molecule has 1 aromatic carbocycles. The summed E-state index contributed by atoms with van der Waals surface area (Å²) in [4.78, 5) is 11.7. The van der Waals surface area contributed by atoms with Crippen molar-refractivity contribution in [2.75, 3.05) is 7.11 Å². The van der Waals surface area contributed by atoms with E-state index in [1.54, 1.807) is 18.4 Å². The van der Waals surface area contributed by atoms with Crippen molar-refractivity contribution in [3.05, 3.63) is 28.6 Å². The fourth-order valence-corrected chi connectivity index (χ4v) is 2.49. The second-order valence-electron chi connectivity index (χ2n) is 3.00. The van der Waals surface area contributed by atoms with Gasteiger partial charge in [0.2, 0.25) is 6.29 Å². The van der Waals surface area contributed by atoms with E-state index in [0.29, 0.717) is 5.56 Å². The van der Waals surface area contributed by atoms with E-state index in [1.165, 1.54) is 0 Å². The molecule has 0 aliphatic carbocycles. The average molecular weight is 205 g/mol. The first kappa shape index (κ1) is 9.21. The van der Waals surface area contributed by atoms with Gasteiger partial charge in [-0.2, -0.15) is 0 Å². The van der Waals surface area contributed by atoms with Gasteiger partial charge in [0.05, 0.1) is 7.11 Å². The van der Waals surface area contributed by atoms with Crippen molar-refractivity contribution in [3.8, 4) is 5.75 Å². The Balaban J connectivity index is 2.74. The highest BCUT2D eigenvalue weighted by molar-refractivity contribution is 7.19. The molecule has 71 valence electrons. The summed E-state index contributed by atoms with van der Waals surface area (Å²) in [5.74, 6) is 0.816. The molecule has 0 atom stereocenters. The predicted molar refractivity (Wildman–Crippen MR) is 57.9 cm³/mol. The molecule has 0 aliphatic rings. The molecule has 1 radical (unpaired) electrons. The van der Waals surface area contributed by atoms with E-state index in [4.69, 9.17) is 4.74 Å². The number of benzene rings is 1. The predicted octanol–water partition coefficient (Wildman–Crippen LogP) is 2.68. The van der Waals surface area contributed by atoms with Crippen molar-refractivity contribution in [2.45, 2.75) is 6.92 Å². The molecule has 0 amide bonds. The van der Waals surface area contributed by atoms with Gasteiger partial charge in [-0.05, 0) is 25.1 Å². The number of hydrogen-bond acceptors (Lipinski definition) is 3. The Morgan fingerprint density at radius 3 is 2.86 bits per heavy atom. The molecule has 1 aromatic heterocycles. The quantitative estimate of drug-likeness (QED) is 0.753. The van der Waals surface area contributed by atoms with Crippen LogP contribution >= 0.6 is 11.3 Å². The van der Waals surface area contributed by atoms with Gasteiger partial charge in [-0.3, -0.25) is 4.79 Å². The zero-order valence-corrected chi connectivity index (χ0v) is 8.77. The molecule has 2 nitrogen and oxygen atoms in total. The Kier molecular flexibility index (Phi) is 2.25. The molecule has 0 unspecified atom stereocenters. The summed E-state index contributed by atoms with van der Waals surface area (Å²) in [6.07, 6.45) is 1.98. The second-order valence-corrected chi connectivity index (χ2v) is 4.25. The van der Waals surface area contributed by atoms with Crippen LogP contribution in [-0.4, -0.2) is 13.4 Å². The Morgan fingerprint density at radius 2 is 2.21 bits per heavy atom. The normalized spacial score (nSPS) is 10.4. The van der Waals surface area contributed by atoms with Crippen molar-refractivity contribution >= 4 is 27.7 Å². The number of rotatable bonds is 2.